The van der Waals surface area contributed by atoms with Crippen LogP contribution in [0.5, 0.6) is 0 Å². The molecule has 0 aliphatic carbocycles. The Labute approximate surface area is 163 Å². The van der Waals surface area contributed by atoms with Gasteiger partial charge in [0.2, 0.25) is 23.6 Å². The van der Waals surface area contributed by atoms with E-state index in [0.717, 1.165) is 24.3 Å². The van der Waals surface area contributed by atoms with Crippen LogP contribution in [0.25, 0.3) is 0 Å². The molecule has 0 aliphatic heterocycles. The Bertz CT molecular complexity index is 688. The fraction of sp³-hybridized carbons (Fsp3) is 0.100. The minimum absolute atomic E-state index is 0.479. The van der Waals surface area contributed by atoms with Crippen LogP contribution in [0.1, 0.15) is 23.5 Å². The summed E-state index contributed by atoms with van der Waals surface area (Å²) in [4.78, 5) is 46.5. The molecule has 28 heavy (non-hydrogen) atoms. The zero-order chi connectivity index (χ0) is 21.1. The smallest absolute Gasteiger partial charge is 0.245 e. The maximum atomic E-state index is 11.6. The molecule has 146 valence electrons. The van der Waals surface area contributed by atoms with Crippen molar-refractivity contribution in [1.82, 2.24) is 21.3 Å². The van der Waals surface area contributed by atoms with Gasteiger partial charge >= 0.3 is 0 Å². The highest BCUT2D eigenvalue weighted by Crippen LogP contribution is 2.16. The fourth-order valence-corrected chi connectivity index (χ4v) is 2.09. The van der Waals surface area contributed by atoms with Crippen molar-refractivity contribution in [1.29, 1.82) is 0 Å². The van der Waals surface area contributed by atoms with E-state index in [2.05, 4.69) is 47.6 Å². The van der Waals surface area contributed by atoms with Crippen molar-refractivity contribution in [3.05, 3.63) is 86.0 Å². The highest BCUT2D eigenvalue weighted by atomic mass is 16.2. The third-order valence-corrected chi connectivity index (χ3v) is 3.49. The van der Waals surface area contributed by atoms with Crippen molar-refractivity contribution < 1.29 is 19.2 Å². The number of nitrogens with one attached hydrogen (secondary N) is 4. The minimum Gasteiger partial charge on any atom is -0.328 e. The molecule has 0 aliphatic rings. The number of benzene rings is 1. The van der Waals surface area contributed by atoms with Gasteiger partial charge in [0.1, 0.15) is 12.3 Å². The number of carbonyl (C=O) groups is 4. The summed E-state index contributed by atoms with van der Waals surface area (Å²) in [6, 6.07) is 6.50. The largest absolute Gasteiger partial charge is 0.328 e. The lowest BCUT2D eigenvalue weighted by Gasteiger charge is -2.22. The molecule has 0 bridgehead atoms. The molecule has 0 heterocycles. The number of rotatable bonds is 10. The van der Waals surface area contributed by atoms with E-state index in [-0.39, 0.29) is 0 Å². The van der Waals surface area contributed by atoms with E-state index < -0.39 is 36.0 Å². The van der Waals surface area contributed by atoms with E-state index in [1.807, 2.05) is 0 Å². The normalized spacial score (nSPS) is 9.79. The third-order valence-electron chi connectivity index (χ3n) is 3.49. The monoisotopic (exact) mass is 382 g/mol. The van der Waals surface area contributed by atoms with Crippen molar-refractivity contribution in [3.63, 3.8) is 0 Å². The molecule has 0 spiro atoms. The standard InChI is InChI=1S/C20H22N4O4/c1-5-15(25)21-19(22-16(26)6-2)13-9-11-14(12-10-13)20(23-17(27)7-3)24-18(28)8-4/h5-12,19-20H,1-4H2,(H,21,25)(H,22,26)(H,23,27)(H,24,28). The maximum Gasteiger partial charge on any atom is 0.245 e. The highest BCUT2D eigenvalue weighted by molar-refractivity contribution is 5.90. The van der Waals surface area contributed by atoms with Crippen molar-refractivity contribution in [3.8, 4) is 0 Å². The van der Waals surface area contributed by atoms with E-state index in [4.69, 9.17) is 0 Å². The van der Waals surface area contributed by atoms with E-state index in [0.29, 0.717) is 11.1 Å². The predicted molar refractivity (Wildman–Crippen MR) is 105 cm³/mol. The van der Waals surface area contributed by atoms with Crippen LogP contribution in [-0.4, -0.2) is 23.6 Å². The highest BCUT2D eigenvalue weighted by Gasteiger charge is 2.18. The van der Waals surface area contributed by atoms with Gasteiger partial charge in [-0.3, -0.25) is 19.2 Å². The van der Waals surface area contributed by atoms with Crippen LogP contribution in [0.2, 0.25) is 0 Å². The summed E-state index contributed by atoms with van der Waals surface area (Å²) in [5.74, 6) is -1.92. The third kappa shape index (κ3) is 6.75. The van der Waals surface area contributed by atoms with Crippen LogP contribution < -0.4 is 21.3 Å². The van der Waals surface area contributed by atoms with Gasteiger partial charge in [-0.15, -0.1) is 0 Å². The summed E-state index contributed by atoms with van der Waals surface area (Å²) in [7, 11) is 0. The second kappa shape index (κ2) is 10.9. The summed E-state index contributed by atoms with van der Waals surface area (Å²) in [5.41, 5.74) is 1.11. The van der Waals surface area contributed by atoms with E-state index in [1.54, 1.807) is 24.3 Å². The van der Waals surface area contributed by atoms with Crippen LogP contribution in [0.4, 0.5) is 0 Å². The SMILES string of the molecule is C=CC(=O)NC(NC(=O)C=C)c1ccc(C(NC(=O)C=C)NC(=O)C=C)cc1. The Morgan fingerprint density at radius 1 is 0.571 bits per heavy atom. The summed E-state index contributed by atoms with van der Waals surface area (Å²) in [6.07, 6.45) is 2.66. The topological polar surface area (TPSA) is 116 Å². The molecule has 0 fully saturated rings. The first kappa shape index (κ1) is 22.1. The molecule has 4 N–H and O–H groups in total. The summed E-state index contributed by atoms with van der Waals surface area (Å²) in [5, 5.41) is 10.3. The van der Waals surface area contributed by atoms with Crippen LogP contribution in [0.3, 0.4) is 0 Å². The maximum absolute atomic E-state index is 11.6. The molecule has 8 nitrogen and oxygen atoms in total. The molecule has 0 atom stereocenters. The number of hydrogen-bond donors (Lipinski definition) is 4. The van der Waals surface area contributed by atoms with Crippen molar-refractivity contribution in [2.75, 3.05) is 0 Å². The van der Waals surface area contributed by atoms with Gasteiger partial charge in [-0.1, -0.05) is 50.6 Å². The molecule has 1 aromatic carbocycles. The summed E-state index contributed by atoms with van der Waals surface area (Å²) >= 11 is 0. The lowest BCUT2D eigenvalue weighted by Crippen LogP contribution is -2.40. The minimum atomic E-state index is -0.825. The fourth-order valence-electron chi connectivity index (χ4n) is 2.09. The van der Waals surface area contributed by atoms with Gasteiger partial charge in [0.15, 0.2) is 0 Å². The van der Waals surface area contributed by atoms with Gasteiger partial charge in [0.05, 0.1) is 0 Å². The zero-order valence-electron chi connectivity index (χ0n) is 15.2. The Morgan fingerprint density at radius 3 is 0.964 bits per heavy atom. The molecular formula is C20H22N4O4. The van der Waals surface area contributed by atoms with Gasteiger partial charge in [-0.2, -0.15) is 0 Å². The first-order chi connectivity index (χ1) is 13.3. The first-order valence-corrected chi connectivity index (χ1v) is 8.16. The Morgan fingerprint density at radius 2 is 0.786 bits per heavy atom. The molecule has 1 aromatic rings. The zero-order valence-corrected chi connectivity index (χ0v) is 15.2. The second-order valence-electron chi connectivity index (χ2n) is 5.38. The van der Waals surface area contributed by atoms with Gasteiger partial charge in [-0.25, -0.2) is 0 Å². The Hall–Kier alpha value is -3.94. The van der Waals surface area contributed by atoms with Crippen molar-refractivity contribution in [2.24, 2.45) is 0 Å². The quantitative estimate of drug-likeness (QED) is 0.355. The molecule has 0 unspecified atom stereocenters. The van der Waals surface area contributed by atoms with Gasteiger partial charge in [0, 0.05) is 0 Å². The van der Waals surface area contributed by atoms with Crippen molar-refractivity contribution >= 4 is 23.6 Å². The van der Waals surface area contributed by atoms with Crippen molar-refractivity contribution in [2.45, 2.75) is 12.3 Å². The average molecular weight is 382 g/mol. The van der Waals surface area contributed by atoms with Gasteiger partial charge in [-0.05, 0) is 35.4 Å². The number of carbonyl (C=O) groups excluding carboxylic acids is 4. The van der Waals surface area contributed by atoms with Crippen LogP contribution in [0.15, 0.2) is 74.9 Å². The molecular weight excluding hydrogens is 360 g/mol. The first-order valence-electron chi connectivity index (χ1n) is 8.16. The average Bonchev–Trinajstić information content (AvgIpc) is 2.72. The lowest BCUT2D eigenvalue weighted by molar-refractivity contribution is -0.121. The van der Waals surface area contributed by atoms with E-state index >= 15 is 0 Å². The van der Waals surface area contributed by atoms with E-state index in [1.165, 1.54) is 0 Å². The molecule has 0 saturated heterocycles. The number of amides is 4. The van der Waals surface area contributed by atoms with Crippen LogP contribution >= 0.6 is 0 Å². The van der Waals surface area contributed by atoms with Crippen LogP contribution in [0, 0.1) is 0 Å². The molecule has 1 rings (SSSR count). The Balaban J connectivity index is 3.12. The molecule has 0 saturated carbocycles. The second-order valence-corrected chi connectivity index (χ2v) is 5.38. The summed E-state index contributed by atoms with van der Waals surface area (Å²) in [6.45, 7) is 13.5. The predicted octanol–water partition coefficient (Wildman–Crippen LogP) is 0.893. The van der Waals surface area contributed by atoms with E-state index in [9.17, 15) is 19.2 Å². The molecule has 4 amide bonds. The van der Waals surface area contributed by atoms with Gasteiger partial charge in [0.25, 0.3) is 0 Å². The van der Waals surface area contributed by atoms with Gasteiger partial charge < -0.3 is 21.3 Å². The van der Waals surface area contributed by atoms with Crippen LogP contribution in [-0.2, 0) is 19.2 Å². The molecule has 0 radical (unpaired) electrons. The number of hydrogen-bond acceptors (Lipinski definition) is 4. The molecule has 8 heteroatoms. The Kier molecular flexibility index (Phi) is 8.62. The lowest BCUT2D eigenvalue weighted by atomic mass is 10.1. The summed E-state index contributed by atoms with van der Waals surface area (Å²) < 4.78 is 0. The molecule has 0 aromatic heterocycles.